The van der Waals surface area contributed by atoms with Gasteiger partial charge in [-0.25, -0.2) is 9.97 Å². The van der Waals surface area contributed by atoms with Crippen molar-refractivity contribution in [3.63, 3.8) is 0 Å². The fraction of sp³-hybridized carbons (Fsp3) is 0. The van der Waals surface area contributed by atoms with E-state index in [4.69, 9.17) is 0 Å². The molecule has 0 aliphatic rings. The molecule has 2 nitrogen and oxygen atoms in total. The van der Waals surface area contributed by atoms with Crippen LogP contribution in [0.5, 0.6) is 0 Å². The van der Waals surface area contributed by atoms with Gasteiger partial charge < -0.3 is 0 Å². The van der Waals surface area contributed by atoms with E-state index in [0.29, 0.717) is 0 Å². The third-order valence-corrected chi connectivity index (χ3v) is 2.33. The molecule has 1 aromatic carbocycles. The first kappa shape index (κ1) is 8.62. The van der Waals surface area contributed by atoms with Crippen molar-refractivity contribution in [2.24, 2.45) is 0 Å². The van der Waals surface area contributed by atoms with Crippen molar-refractivity contribution in [3.8, 4) is 11.3 Å². The van der Waals surface area contributed by atoms with Crippen molar-refractivity contribution in [2.75, 3.05) is 0 Å². The highest BCUT2D eigenvalue weighted by Crippen LogP contribution is 2.17. The number of benzene rings is 1. The first-order valence-corrected chi connectivity index (χ1v) is 4.89. The molecule has 0 amide bonds. The van der Waals surface area contributed by atoms with Gasteiger partial charge in [-0.1, -0.05) is 12.1 Å². The number of nitrogens with zero attached hydrogens (tertiary/aromatic N) is 2. The fourth-order valence-corrected chi connectivity index (χ4v) is 1.61. The Morgan fingerprint density at radius 2 is 2.15 bits per heavy atom. The minimum atomic E-state index is 0.911. The lowest BCUT2D eigenvalue weighted by molar-refractivity contribution is 1.15. The Labute approximate surface area is 90.2 Å². The van der Waals surface area contributed by atoms with Crippen LogP contribution in [-0.2, 0) is 0 Å². The van der Waals surface area contributed by atoms with E-state index in [2.05, 4.69) is 51.0 Å². The molecule has 0 aliphatic carbocycles. The molecule has 0 unspecified atom stereocenters. The summed E-state index contributed by atoms with van der Waals surface area (Å²) >= 11 is 2.28. The first-order valence-electron chi connectivity index (χ1n) is 3.81. The molecular weight excluding hydrogens is 275 g/mol. The molecular formula is C10H6IN2. The number of rotatable bonds is 1. The monoisotopic (exact) mass is 281 g/mol. The lowest BCUT2D eigenvalue weighted by atomic mass is 10.1. The van der Waals surface area contributed by atoms with Crippen LogP contribution in [0.3, 0.4) is 0 Å². The van der Waals surface area contributed by atoms with Gasteiger partial charge in [0.25, 0.3) is 0 Å². The van der Waals surface area contributed by atoms with Crippen LogP contribution in [-0.4, -0.2) is 9.97 Å². The number of hydrogen-bond acceptors (Lipinski definition) is 2. The summed E-state index contributed by atoms with van der Waals surface area (Å²) in [7, 11) is 0. The quantitative estimate of drug-likeness (QED) is 0.751. The molecule has 0 saturated carbocycles. The summed E-state index contributed by atoms with van der Waals surface area (Å²) in [6.45, 7) is 0. The molecule has 0 atom stereocenters. The number of halogens is 1. The van der Waals surface area contributed by atoms with Gasteiger partial charge in [-0.15, -0.1) is 0 Å². The summed E-state index contributed by atoms with van der Waals surface area (Å²) in [6.07, 6.45) is 4.27. The summed E-state index contributed by atoms with van der Waals surface area (Å²) < 4.78 is 1.20. The summed E-state index contributed by atoms with van der Waals surface area (Å²) in [5, 5.41) is 0. The molecule has 0 aliphatic heterocycles. The Balaban J connectivity index is 2.48. The smallest absolute Gasteiger partial charge is 0.198 e. The van der Waals surface area contributed by atoms with E-state index in [-0.39, 0.29) is 0 Å². The van der Waals surface area contributed by atoms with Gasteiger partial charge in [-0.2, -0.15) is 0 Å². The SMILES string of the molecule is Ic1cccc(-c2ccn[c]n2)c1. The van der Waals surface area contributed by atoms with Gasteiger partial charge in [0.2, 0.25) is 0 Å². The number of hydrogen-bond donors (Lipinski definition) is 0. The highest BCUT2D eigenvalue weighted by molar-refractivity contribution is 14.1. The van der Waals surface area contributed by atoms with Gasteiger partial charge in [0.05, 0.1) is 5.69 Å². The predicted octanol–water partition coefficient (Wildman–Crippen LogP) is 2.55. The summed E-state index contributed by atoms with van der Waals surface area (Å²) in [4.78, 5) is 7.81. The molecule has 1 radical (unpaired) electrons. The van der Waals surface area contributed by atoms with Crippen LogP contribution in [0.25, 0.3) is 11.3 Å². The van der Waals surface area contributed by atoms with E-state index < -0.39 is 0 Å². The Kier molecular flexibility index (Phi) is 2.54. The zero-order valence-corrected chi connectivity index (χ0v) is 8.89. The van der Waals surface area contributed by atoms with E-state index in [1.807, 2.05) is 18.2 Å². The third kappa shape index (κ3) is 2.03. The van der Waals surface area contributed by atoms with Crippen LogP contribution in [0.4, 0.5) is 0 Å². The van der Waals surface area contributed by atoms with Crippen LogP contribution < -0.4 is 0 Å². The van der Waals surface area contributed by atoms with Crippen LogP contribution in [0.1, 0.15) is 0 Å². The molecule has 0 N–H and O–H groups in total. The van der Waals surface area contributed by atoms with Crippen molar-refractivity contribution < 1.29 is 0 Å². The summed E-state index contributed by atoms with van der Waals surface area (Å²) in [5.74, 6) is 0. The highest BCUT2D eigenvalue weighted by Gasteiger charge is 1.97. The molecule has 13 heavy (non-hydrogen) atoms. The van der Waals surface area contributed by atoms with Crippen LogP contribution in [0.2, 0.25) is 0 Å². The Hall–Kier alpha value is -0.970. The molecule has 63 valence electrons. The average Bonchev–Trinajstić information content (AvgIpc) is 2.19. The predicted molar refractivity (Wildman–Crippen MR) is 59.0 cm³/mol. The van der Waals surface area contributed by atoms with Crippen LogP contribution >= 0.6 is 22.6 Å². The van der Waals surface area contributed by atoms with E-state index in [1.54, 1.807) is 6.20 Å². The van der Waals surface area contributed by atoms with Gasteiger partial charge in [0.1, 0.15) is 0 Å². The van der Waals surface area contributed by atoms with Gasteiger partial charge in [0.15, 0.2) is 6.33 Å². The van der Waals surface area contributed by atoms with E-state index in [0.717, 1.165) is 11.3 Å². The van der Waals surface area contributed by atoms with Crippen molar-refractivity contribution in [1.82, 2.24) is 9.97 Å². The van der Waals surface area contributed by atoms with Crippen molar-refractivity contribution in [1.29, 1.82) is 0 Å². The standard InChI is InChI=1S/C10H6IN2/c11-9-3-1-2-8(6-9)10-4-5-12-7-13-10/h1-6H. The van der Waals surface area contributed by atoms with E-state index in [9.17, 15) is 0 Å². The second-order valence-corrected chi connectivity index (χ2v) is 3.80. The lowest BCUT2D eigenvalue weighted by Crippen LogP contribution is -1.84. The fourth-order valence-electron chi connectivity index (χ4n) is 1.07. The Morgan fingerprint density at radius 1 is 1.23 bits per heavy atom. The zero-order valence-electron chi connectivity index (χ0n) is 6.74. The van der Waals surface area contributed by atoms with Crippen LogP contribution in [0, 0.1) is 9.90 Å². The van der Waals surface area contributed by atoms with Crippen molar-refractivity contribution >= 4 is 22.6 Å². The average molecular weight is 281 g/mol. The normalized spacial score (nSPS) is 9.92. The van der Waals surface area contributed by atoms with Gasteiger partial charge in [0, 0.05) is 15.3 Å². The second-order valence-electron chi connectivity index (χ2n) is 2.55. The van der Waals surface area contributed by atoms with E-state index >= 15 is 0 Å². The molecule has 2 rings (SSSR count). The summed E-state index contributed by atoms with van der Waals surface area (Å²) in [6, 6.07) is 10.0. The minimum Gasteiger partial charge on any atom is -0.234 e. The van der Waals surface area contributed by atoms with Crippen molar-refractivity contribution in [2.45, 2.75) is 0 Å². The molecule has 1 heterocycles. The molecule has 2 aromatic rings. The Bertz CT molecular complexity index is 401. The third-order valence-electron chi connectivity index (χ3n) is 1.66. The zero-order chi connectivity index (χ0) is 9.10. The maximum atomic E-state index is 4.05. The maximum absolute atomic E-state index is 4.05. The van der Waals surface area contributed by atoms with Crippen molar-refractivity contribution in [3.05, 3.63) is 46.4 Å². The van der Waals surface area contributed by atoms with Gasteiger partial charge >= 0.3 is 0 Å². The largest absolute Gasteiger partial charge is 0.234 e. The molecule has 0 saturated heterocycles. The molecule has 1 aromatic heterocycles. The Morgan fingerprint density at radius 3 is 2.85 bits per heavy atom. The highest BCUT2D eigenvalue weighted by atomic mass is 127. The summed E-state index contributed by atoms with van der Waals surface area (Å²) in [5.41, 5.74) is 2.01. The molecule has 0 bridgehead atoms. The minimum absolute atomic E-state index is 0.911. The van der Waals surface area contributed by atoms with E-state index in [1.165, 1.54) is 3.57 Å². The molecule has 3 heteroatoms. The first-order chi connectivity index (χ1) is 6.36. The number of aromatic nitrogens is 2. The second kappa shape index (κ2) is 3.83. The maximum Gasteiger partial charge on any atom is 0.198 e. The molecule has 0 fully saturated rings. The topological polar surface area (TPSA) is 25.8 Å². The van der Waals surface area contributed by atoms with Gasteiger partial charge in [-0.3, -0.25) is 0 Å². The van der Waals surface area contributed by atoms with Crippen LogP contribution in [0.15, 0.2) is 36.5 Å². The molecule has 0 spiro atoms. The van der Waals surface area contributed by atoms with Gasteiger partial charge in [-0.05, 0) is 40.8 Å². The lowest BCUT2D eigenvalue weighted by Gasteiger charge is -1.98.